The van der Waals surface area contributed by atoms with Crippen molar-refractivity contribution in [3.63, 3.8) is 0 Å². The highest BCUT2D eigenvalue weighted by Gasteiger charge is 2.21. The van der Waals surface area contributed by atoms with Crippen LogP contribution in [0.3, 0.4) is 0 Å². The summed E-state index contributed by atoms with van der Waals surface area (Å²) < 4.78 is 21.5. The zero-order valence-corrected chi connectivity index (χ0v) is 22.0. The molecular formula is C28H34N4O5. The Kier molecular flexibility index (Phi) is 10.4. The SMILES string of the molecule is CC(=O)c1c(OCc2ccccc2)noc1CN(C)C.CN(C)Cc1cc(OCc2ccccc2)no1. The molecule has 37 heavy (non-hydrogen) atoms. The van der Waals surface area contributed by atoms with Crippen molar-refractivity contribution >= 4 is 5.78 Å². The fraction of sp³-hybridized carbons (Fsp3) is 0.321. The lowest BCUT2D eigenvalue weighted by Crippen LogP contribution is -2.12. The van der Waals surface area contributed by atoms with E-state index in [1.165, 1.54) is 6.92 Å². The van der Waals surface area contributed by atoms with E-state index >= 15 is 0 Å². The predicted octanol–water partition coefficient (Wildman–Crippen LogP) is 4.83. The number of hydrogen-bond donors (Lipinski definition) is 0. The molecule has 196 valence electrons. The highest BCUT2D eigenvalue weighted by atomic mass is 16.5. The lowest BCUT2D eigenvalue weighted by atomic mass is 10.1. The van der Waals surface area contributed by atoms with Crippen molar-refractivity contribution in [1.82, 2.24) is 20.1 Å². The van der Waals surface area contributed by atoms with Crippen molar-refractivity contribution < 1.29 is 23.3 Å². The quantitative estimate of drug-likeness (QED) is 0.265. The standard InChI is InChI=1S/C15H18N2O3.C13H16N2O2/c1-11(18)14-13(9-17(2)3)20-16-15(14)19-10-12-7-5-4-6-8-12;1-15(2)9-12-8-13(14-17-12)16-10-11-6-4-3-5-7-11/h4-8H,9-10H2,1-3H3;3-8H,9-10H2,1-2H3. The Morgan fingerprint density at radius 1 is 0.784 bits per heavy atom. The molecule has 4 aromatic rings. The van der Waals surface area contributed by atoms with Gasteiger partial charge in [0.2, 0.25) is 0 Å². The lowest BCUT2D eigenvalue weighted by molar-refractivity contribution is 0.101. The Morgan fingerprint density at radius 2 is 1.35 bits per heavy atom. The van der Waals surface area contributed by atoms with Gasteiger partial charge in [-0.2, -0.15) is 0 Å². The summed E-state index contributed by atoms with van der Waals surface area (Å²) in [6.45, 7) is 3.59. The van der Waals surface area contributed by atoms with Crippen LogP contribution in [-0.2, 0) is 26.3 Å². The number of aromatic nitrogens is 2. The first-order valence-corrected chi connectivity index (χ1v) is 11.9. The first kappa shape index (κ1) is 27.6. The molecule has 0 bridgehead atoms. The molecular weight excluding hydrogens is 472 g/mol. The van der Waals surface area contributed by atoms with E-state index in [-0.39, 0.29) is 11.7 Å². The molecule has 9 nitrogen and oxygen atoms in total. The summed E-state index contributed by atoms with van der Waals surface area (Å²) in [5, 5.41) is 7.72. The third-order valence-electron chi connectivity index (χ3n) is 5.00. The van der Waals surface area contributed by atoms with Crippen molar-refractivity contribution in [2.45, 2.75) is 33.2 Å². The van der Waals surface area contributed by atoms with Gasteiger partial charge in [-0.3, -0.25) is 4.79 Å². The van der Waals surface area contributed by atoms with Gasteiger partial charge in [-0.15, -0.1) is 0 Å². The molecule has 0 radical (unpaired) electrons. The molecule has 0 amide bonds. The van der Waals surface area contributed by atoms with Crippen molar-refractivity contribution in [2.75, 3.05) is 28.2 Å². The van der Waals surface area contributed by atoms with Crippen LogP contribution in [0, 0.1) is 0 Å². The van der Waals surface area contributed by atoms with Crippen LogP contribution in [0.15, 0.2) is 75.8 Å². The van der Waals surface area contributed by atoms with E-state index in [2.05, 4.69) is 10.3 Å². The summed E-state index contributed by atoms with van der Waals surface area (Å²) >= 11 is 0. The molecule has 0 N–H and O–H groups in total. The van der Waals surface area contributed by atoms with Crippen LogP contribution in [-0.4, -0.2) is 54.1 Å². The smallest absolute Gasteiger partial charge is 0.265 e. The first-order valence-electron chi connectivity index (χ1n) is 11.9. The van der Waals surface area contributed by atoms with Crippen LogP contribution < -0.4 is 9.47 Å². The third kappa shape index (κ3) is 9.21. The number of Topliss-reactive ketones (excluding diaryl/α,β-unsaturated/α-hetero) is 1. The molecule has 0 saturated carbocycles. The highest BCUT2D eigenvalue weighted by molar-refractivity contribution is 5.97. The van der Waals surface area contributed by atoms with E-state index in [1.54, 1.807) is 0 Å². The molecule has 0 unspecified atom stereocenters. The van der Waals surface area contributed by atoms with Gasteiger partial charge < -0.3 is 28.3 Å². The third-order valence-corrected chi connectivity index (χ3v) is 5.00. The van der Waals surface area contributed by atoms with E-state index < -0.39 is 0 Å². The van der Waals surface area contributed by atoms with Gasteiger partial charge in [-0.1, -0.05) is 60.7 Å². The monoisotopic (exact) mass is 506 g/mol. The first-order chi connectivity index (χ1) is 17.8. The highest BCUT2D eigenvalue weighted by Crippen LogP contribution is 2.24. The molecule has 0 aliphatic heterocycles. The maximum atomic E-state index is 11.7. The minimum absolute atomic E-state index is 0.105. The average Bonchev–Trinajstić information content (AvgIpc) is 3.49. The van der Waals surface area contributed by atoms with Gasteiger partial charge in [0.05, 0.1) is 13.1 Å². The zero-order valence-electron chi connectivity index (χ0n) is 22.0. The number of carbonyl (C=O) groups excluding carboxylic acids is 1. The molecule has 0 aliphatic carbocycles. The Hall–Kier alpha value is -3.95. The Balaban J connectivity index is 0.000000208. The van der Waals surface area contributed by atoms with Gasteiger partial charge in [0.15, 0.2) is 17.3 Å². The summed E-state index contributed by atoms with van der Waals surface area (Å²) in [5.41, 5.74) is 2.55. The van der Waals surface area contributed by atoms with Gasteiger partial charge in [-0.25, -0.2) is 0 Å². The van der Waals surface area contributed by atoms with Gasteiger partial charge >= 0.3 is 0 Å². The largest absolute Gasteiger partial charge is 0.471 e. The molecule has 2 heterocycles. The lowest BCUT2D eigenvalue weighted by Gasteiger charge is -2.07. The molecule has 9 heteroatoms. The summed E-state index contributed by atoms with van der Waals surface area (Å²) in [6, 6.07) is 21.5. The Morgan fingerprint density at radius 3 is 1.89 bits per heavy atom. The molecule has 2 aromatic carbocycles. The number of ketones is 1. The van der Waals surface area contributed by atoms with Gasteiger partial charge in [0.1, 0.15) is 18.8 Å². The zero-order chi connectivity index (χ0) is 26.6. The number of rotatable bonds is 11. The summed E-state index contributed by atoms with van der Waals surface area (Å²) in [7, 11) is 7.76. The maximum Gasteiger partial charge on any atom is 0.265 e. The van der Waals surface area contributed by atoms with Crippen molar-refractivity contribution in [1.29, 1.82) is 0 Å². The maximum absolute atomic E-state index is 11.7. The fourth-order valence-electron chi connectivity index (χ4n) is 3.35. The van der Waals surface area contributed by atoms with Crippen molar-refractivity contribution in [3.8, 4) is 11.8 Å². The Labute approximate surface area is 217 Å². The van der Waals surface area contributed by atoms with E-state index in [1.807, 2.05) is 105 Å². The van der Waals surface area contributed by atoms with E-state index in [0.717, 1.165) is 23.4 Å². The van der Waals surface area contributed by atoms with Crippen LogP contribution in [0.1, 0.15) is 39.9 Å². The molecule has 0 saturated heterocycles. The minimum Gasteiger partial charge on any atom is -0.471 e. The number of ether oxygens (including phenoxy) is 2. The summed E-state index contributed by atoms with van der Waals surface area (Å²) in [5.74, 6) is 2.03. The van der Waals surface area contributed by atoms with Crippen LogP contribution >= 0.6 is 0 Å². The van der Waals surface area contributed by atoms with E-state index in [0.29, 0.717) is 37.0 Å². The molecule has 0 spiro atoms. The second-order valence-electron chi connectivity index (χ2n) is 9.00. The fourth-order valence-corrected chi connectivity index (χ4v) is 3.35. The van der Waals surface area contributed by atoms with Crippen LogP contribution in [0.2, 0.25) is 0 Å². The van der Waals surface area contributed by atoms with Crippen molar-refractivity contribution in [3.05, 3.63) is 94.9 Å². The number of hydrogen-bond acceptors (Lipinski definition) is 9. The van der Waals surface area contributed by atoms with Crippen LogP contribution in [0.25, 0.3) is 0 Å². The molecule has 0 atom stereocenters. The number of carbonyl (C=O) groups is 1. The van der Waals surface area contributed by atoms with Crippen LogP contribution in [0.5, 0.6) is 11.8 Å². The molecule has 2 aromatic heterocycles. The molecule has 0 aliphatic rings. The Bertz CT molecular complexity index is 1220. The predicted molar refractivity (Wildman–Crippen MR) is 139 cm³/mol. The van der Waals surface area contributed by atoms with Gasteiger partial charge in [-0.05, 0) is 56.6 Å². The second kappa shape index (κ2) is 14.0. The average molecular weight is 507 g/mol. The minimum atomic E-state index is -0.105. The number of benzene rings is 2. The molecule has 0 fully saturated rings. The normalized spacial score (nSPS) is 10.8. The van der Waals surface area contributed by atoms with Gasteiger partial charge in [0, 0.05) is 6.07 Å². The summed E-state index contributed by atoms with van der Waals surface area (Å²) in [4.78, 5) is 15.7. The van der Waals surface area contributed by atoms with Crippen molar-refractivity contribution in [2.24, 2.45) is 0 Å². The van der Waals surface area contributed by atoms with E-state index in [4.69, 9.17) is 18.5 Å². The topological polar surface area (TPSA) is 94.1 Å². The summed E-state index contributed by atoms with van der Waals surface area (Å²) in [6.07, 6.45) is 0. The van der Waals surface area contributed by atoms with Crippen LogP contribution in [0.4, 0.5) is 0 Å². The molecule has 4 rings (SSSR count). The van der Waals surface area contributed by atoms with Gasteiger partial charge in [0.25, 0.3) is 11.8 Å². The van der Waals surface area contributed by atoms with E-state index in [9.17, 15) is 4.79 Å². The number of nitrogens with zero attached hydrogens (tertiary/aromatic N) is 4. The second-order valence-corrected chi connectivity index (χ2v) is 9.00.